The summed E-state index contributed by atoms with van der Waals surface area (Å²) in [5, 5.41) is 3.68. The van der Waals surface area contributed by atoms with Crippen LogP contribution in [0.3, 0.4) is 0 Å². The van der Waals surface area contributed by atoms with Gasteiger partial charge in [-0.05, 0) is 86.6 Å². The SMILES string of the molecule is CCCCOCC(COCCCC)Nc1ccc2c(c1)[C@]1(C)CCN(CC3CC3)[C@](C)(C2=O)[C@@H]1C. The number of carbonyl (C=O) groups excluding carboxylic acids is 1. The zero-order valence-corrected chi connectivity index (χ0v) is 22.8. The topological polar surface area (TPSA) is 50.8 Å². The van der Waals surface area contributed by atoms with Crippen LogP contribution in [0.25, 0.3) is 0 Å². The third-order valence-electron chi connectivity index (χ3n) is 9.16. The fraction of sp³-hybridized carbons (Fsp3) is 0.767. The number of benzene rings is 1. The van der Waals surface area contributed by atoms with Crippen LogP contribution in [0.4, 0.5) is 5.69 Å². The Labute approximate surface area is 213 Å². The molecule has 3 aliphatic rings. The molecule has 2 fully saturated rings. The Balaban J connectivity index is 1.53. The maximum atomic E-state index is 14.0. The molecule has 0 amide bonds. The maximum absolute atomic E-state index is 14.0. The highest BCUT2D eigenvalue weighted by molar-refractivity contribution is 6.06. The van der Waals surface area contributed by atoms with Gasteiger partial charge in [-0.25, -0.2) is 0 Å². The quantitative estimate of drug-likeness (QED) is 0.325. The molecule has 0 radical (unpaired) electrons. The van der Waals surface area contributed by atoms with E-state index in [4.69, 9.17) is 9.47 Å². The van der Waals surface area contributed by atoms with Gasteiger partial charge in [0.25, 0.3) is 0 Å². The van der Waals surface area contributed by atoms with Gasteiger partial charge < -0.3 is 14.8 Å². The summed E-state index contributed by atoms with van der Waals surface area (Å²) in [5.74, 6) is 1.38. The van der Waals surface area contributed by atoms with Crippen molar-refractivity contribution >= 4 is 11.5 Å². The van der Waals surface area contributed by atoms with Gasteiger partial charge in [0.15, 0.2) is 5.78 Å². The summed E-state index contributed by atoms with van der Waals surface area (Å²) in [5.41, 5.74) is 2.81. The Kier molecular flexibility index (Phi) is 8.61. The van der Waals surface area contributed by atoms with Gasteiger partial charge >= 0.3 is 0 Å². The average Bonchev–Trinajstić information content (AvgIpc) is 3.68. The molecule has 1 aliphatic heterocycles. The van der Waals surface area contributed by atoms with Crippen LogP contribution in [0.2, 0.25) is 0 Å². The Bertz CT molecular complexity index is 857. The van der Waals surface area contributed by atoms with E-state index in [9.17, 15) is 4.79 Å². The minimum Gasteiger partial charge on any atom is -0.379 e. The van der Waals surface area contributed by atoms with Crippen LogP contribution in [0.1, 0.15) is 95.5 Å². The summed E-state index contributed by atoms with van der Waals surface area (Å²) in [7, 11) is 0. The molecule has 2 aliphatic carbocycles. The molecular formula is C30H48N2O3. The number of nitrogens with one attached hydrogen (secondary N) is 1. The summed E-state index contributed by atoms with van der Waals surface area (Å²) in [6, 6.07) is 6.52. The molecule has 1 heterocycles. The first kappa shape index (κ1) is 26.6. The number of piperidine rings is 1. The third-order valence-corrected chi connectivity index (χ3v) is 9.16. The molecule has 1 saturated heterocycles. The van der Waals surface area contributed by atoms with E-state index in [1.807, 2.05) is 0 Å². The number of fused-ring (bicyclic) bond motifs is 4. The summed E-state index contributed by atoms with van der Waals surface area (Å²) in [4.78, 5) is 16.5. The van der Waals surface area contributed by atoms with Crippen LogP contribution in [0, 0.1) is 11.8 Å². The smallest absolute Gasteiger partial charge is 0.183 e. The standard InChI is InChI=1S/C30H48N2O3/c1-6-8-16-34-20-25(21-35-17-9-7-2)31-24-12-13-26-27(18-24)29(4)14-15-32(19-23-10-11-23)30(5,22(29)3)28(26)33/h12-13,18,22-23,25,31H,6-11,14-17,19-21H2,1-5H3/t22-,29-,30+/m1/s1. The maximum Gasteiger partial charge on any atom is 0.183 e. The van der Waals surface area contributed by atoms with E-state index in [-0.39, 0.29) is 17.4 Å². The molecular weight excluding hydrogens is 436 g/mol. The fourth-order valence-corrected chi connectivity index (χ4v) is 6.20. The first-order valence-corrected chi connectivity index (χ1v) is 14.2. The lowest BCUT2D eigenvalue weighted by molar-refractivity contribution is -0.0249. The second-order valence-corrected chi connectivity index (χ2v) is 11.7. The molecule has 1 aromatic rings. The van der Waals surface area contributed by atoms with Crippen LogP contribution in [0.5, 0.6) is 0 Å². The van der Waals surface area contributed by atoms with E-state index in [0.29, 0.717) is 19.0 Å². The minimum absolute atomic E-state index is 0.000479. The van der Waals surface area contributed by atoms with E-state index in [1.54, 1.807) is 0 Å². The molecule has 1 saturated carbocycles. The summed E-state index contributed by atoms with van der Waals surface area (Å²) in [6.07, 6.45) is 8.18. The third kappa shape index (κ3) is 5.47. The lowest BCUT2D eigenvalue weighted by Crippen LogP contribution is -2.68. The summed E-state index contributed by atoms with van der Waals surface area (Å²) >= 11 is 0. The number of hydrogen-bond donors (Lipinski definition) is 1. The molecule has 196 valence electrons. The zero-order chi connectivity index (χ0) is 25.1. The second-order valence-electron chi connectivity index (χ2n) is 11.7. The van der Waals surface area contributed by atoms with Crippen molar-refractivity contribution in [2.45, 2.75) is 96.6 Å². The normalized spacial score (nSPS) is 28.4. The Morgan fingerprint density at radius 3 is 2.34 bits per heavy atom. The molecule has 5 heteroatoms. The lowest BCUT2D eigenvalue weighted by Gasteiger charge is -2.59. The van der Waals surface area contributed by atoms with Crippen LogP contribution in [0.15, 0.2) is 18.2 Å². The Morgan fingerprint density at radius 2 is 1.74 bits per heavy atom. The van der Waals surface area contributed by atoms with Crippen molar-refractivity contribution in [1.29, 1.82) is 0 Å². The average molecular weight is 485 g/mol. The van der Waals surface area contributed by atoms with E-state index in [1.165, 1.54) is 18.4 Å². The predicted octanol–water partition coefficient (Wildman–Crippen LogP) is 6.07. The van der Waals surface area contributed by atoms with E-state index < -0.39 is 5.54 Å². The van der Waals surface area contributed by atoms with Crippen molar-refractivity contribution in [2.75, 3.05) is 44.8 Å². The largest absolute Gasteiger partial charge is 0.379 e. The number of anilines is 1. The van der Waals surface area contributed by atoms with E-state index in [0.717, 1.165) is 75.6 Å². The van der Waals surface area contributed by atoms with Crippen molar-refractivity contribution in [3.05, 3.63) is 29.3 Å². The molecule has 1 N–H and O–H groups in total. The number of ketones is 1. The number of rotatable bonds is 14. The fourth-order valence-electron chi connectivity index (χ4n) is 6.20. The first-order valence-electron chi connectivity index (χ1n) is 14.2. The summed E-state index contributed by atoms with van der Waals surface area (Å²) in [6.45, 7) is 16.2. The number of ether oxygens (including phenoxy) is 2. The molecule has 2 bridgehead atoms. The van der Waals surface area contributed by atoms with Gasteiger partial charge in [0.1, 0.15) is 0 Å². The van der Waals surface area contributed by atoms with Crippen molar-refractivity contribution < 1.29 is 14.3 Å². The molecule has 3 atom stereocenters. The molecule has 4 rings (SSSR count). The molecule has 0 unspecified atom stereocenters. The number of carbonyl (C=O) groups is 1. The second kappa shape index (κ2) is 11.3. The Hall–Kier alpha value is -1.43. The van der Waals surface area contributed by atoms with E-state index >= 15 is 0 Å². The van der Waals surface area contributed by atoms with Gasteiger partial charge in [-0.1, -0.05) is 40.5 Å². The van der Waals surface area contributed by atoms with Gasteiger partial charge in [-0.15, -0.1) is 0 Å². The lowest BCUT2D eigenvalue weighted by atomic mass is 9.53. The molecule has 0 aromatic heterocycles. The van der Waals surface area contributed by atoms with Crippen LogP contribution in [-0.4, -0.2) is 61.8 Å². The Morgan fingerprint density at radius 1 is 1.09 bits per heavy atom. The molecule has 1 aromatic carbocycles. The van der Waals surface area contributed by atoms with Crippen LogP contribution in [-0.2, 0) is 14.9 Å². The highest BCUT2D eigenvalue weighted by Gasteiger charge is 2.59. The van der Waals surface area contributed by atoms with Gasteiger partial charge in [-0.2, -0.15) is 0 Å². The highest BCUT2D eigenvalue weighted by Crippen LogP contribution is 2.54. The molecule has 5 nitrogen and oxygen atoms in total. The van der Waals surface area contributed by atoms with Gasteiger partial charge in [0.2, 0.25) is 0 Å². The van der Waals surface area contributed by atoms with E-state index in [2.05, 4.69) is 63.0 Å². The number of Topliss-reactive ketones (excluding diaryl/α,β-unsaturated/α-hetero) is 1. The number of nitrogens with zero attached hydrogens (tertiary/aromatic N) is 1. The number of hydrogen-bond acceptors (Lipinski definition) is 5. The number of unbranched alkanes of at least 4 members (excludes halogenated alkanes) is 2. The van der Waals surface area contributed by atoms with Gasteiger partial charge in [-0.3, -0.25) is 9.69 Å². The zero-order valence-electron chi connectivity index (χ0n) is 22.8. The van der Waals surface area contributed by atoms with Crippen LogP contribution < -0.4 is 5.32 Å². The molecule has 35 heavy (non-hydrogen) atoms. The summed E-state index contributed by atoms with van der Waals surface area (Å²) < 4.78 is 11.9. The monoisotopic (exact) mass is 484 g/mol. The van der Waals surface area contributed by atoms with Gasteiger partial charge in [0, 0.05) is 31.0 Å². The van der Waals surface area contributed by atoms with Gasteiger partial charge in [0.05, 0.1) is 24.8 Å². The van der Waals surface area contributed by atoms with Crippen molar-refractivity contribution in [3.8, 4) is 0 Å². The van der Waals surface area contributed by atoms with Crippen molar-refractivity contribution in [3.63, 3.8) is 0 Å². The van der Waals surface area contributed by atoms with Crippen LogP contribution >= 0.6 is 0 Å². The minimum atomic E-state index is -0.402. The first-order chi connectivity index (χ1) is 16.8. The van der Waals surface area contributed by atoms with Crippen molar-refractivity contribution in [1.82, 2.24) is 4.90 Å². The van der Waals surface area contributed by atoms with Crippen molar-refractivity contribution in [2.24, 2.45) is 11.8 Å². The highest BCUT2D eigenvalue weighted by atomic mass is 16.5. The number of likely N-dealkylation sites (tertiary alicyclic amines) is 1. The molecule has 0 spiro atoms. The predicted molar refractivity (Wildman–Crippen MR) is 143 cm³/mol.